The number of nitrogens with two attached hydrogens (primary N) is 1. The quantitative estimate of drug-likeness (QED) is 0.718. The van der Waals surface area contributed by atoms with Crippen LogP contribution in [0.15, 0.2) is 58.1 Å². The Hall–Kier alpha value is -2.39. The number of amides is 1. The number of hydrogen-bond donors (Lipinski definition) is 2. The first kappa shape index (κ1) is 18.4. The molecule has 2 aromatic carbocycles. The van der Waals surface area contributed by atoms with Crippen LogP contribution >= 0.6 is 15.9 Å². The second-order valence-electron chi connectivity index (χ2n) is 5.78. The van der Waals surface area contributed by atoms with Crippen molar-refractivity contribution in [2.45, 2.75) is 18.3 Å². The molecule has 1 aliphatic heterocycles. The van der Waals surface area contributed by atoms with Crippen LogP contribution in [-0.4, -0.2) is 27.9 Å². The van der Waals surface area contributed by atoms with E-state index in [0.717, 1.165) is 0 Å². The Labute approximate surface area is 155 Å². The molecule has 0 radical (unpaired) electrons. The molecule has 0 saturated heterocycles. The highest BCUT2D eigenvalue weighted by molar-refractivity contribution is 9.10. The van der Waals surface area contributed by atoms with Gasteiger partial charge in [-0.05, 0) is 36.4 Å². The average Bonchev–Trinajstić information content (AvgIpc) is 2.94. The molecule has 1 amide bonds. The van der Waals surface area contributed by atoms with E-state index < -0.39 is 29.9 Å². The molecule has 0 bridgehead atoms. The Bertz CT molecular complexity index is 866. The van der Waals surface area contributed by atoms with Crippen molar-refractivity contribution < 1.29 is 23.1 Å². The van der Waals surface area contributed by atoms with Crippen molar-refractivity contribution in [1.82, 2.24) is 5.01 Å². The van der Waals surface area contributed by atoms with Crippen LogP contribution in [0.1, 0.15) is 22.3 Å². The van der Waals surface area contributed by atoms with E-state index in [0.29, 0.717) is 15.2 Å². The first-order valence-electron chi connectivity index (χ1n) is 7.44. The van der Waals surface area contributed by atoms with Gasteiger partial charge in [0.2, 0.25) is 0 Å². The fourth-order valence-corrected chi connectivity index (χ4v) is 2.87. The molecule has 136 valence electrons. The van der Waals surface area contributed by atoms with Gasteiger partial charge in [0.05, 0.1) is 6.42 Å². The lowest BCUT2D eigenvalue weighted by Gasteiger charge is -2.31. The van der Waals surface area contributed by atoms with Crippen LogP contribution in [0.2, 0.25) is 0 Å². The van der Waals surface area contributed by atoms with E-state index in [1.54, 1.807) is 12.1 Å². The van der Waals surface area contributed by atoms with Crippen molar-refractivity contribution in [1.29, 1.82) is 0 Å². The highest BCUT2D eigenvalue weighted by Crippen LogP contribution is 2.40. The number of nitrogen functional groups attached to an aromatic ring is 1. The lowest BCUT2D eigenvalue weighted by molar-refractivity contribution is -0.0816. The van der Waals surface area contributed by atoms with E-state index in [1.165, 1.54) is 36.4 Å². The Balaban J connectivity index is 2.06. The van der Waals surface area contributed by atoms with Gasteiger partial charge in [-0.3, -0.25) is 4.79 Å². The zero-order valence-electron chi connectivity index (χ0n) is 13.2. The summed E-state index contributed by atoms with van der Waals surface area (Å²) in [6, 6.07) is 11.6. The maximum atomic E-state index is 13.2. The minimum Gasteiger partial charge on any atom is -0.399 e. The van der Waals surface area contributed by atoms with Crippen LogP contribution in [0.3, 0.4) is 0 Å². The first-order chi connectivity index (χ1) is 12.1. The Kier molecular flexibility index (Phi) is 4.53. The number of carbonyl (C=O) groups is 1. The number of anilines is 1. The Morgan fingerprint density at radius 2 is 1.73 bits per heavy atom. The fourth-order valence-electron chi connectivity index (χ4n) is 2.61. The monoisotopic (exact) mass is 427 g/mol. The molecular formula is C17H13BrF3N3O2. The Morgan fingerprint density at radius 1 is 1.15 bits per heavy atom. The molecule has 1 heterocycles. The molecule has 9 heteroatoms. The number of hydrazone groups is 1. The molecule has 0 aromatic heterocycles. The van der Waals surface area contributed by atoms with Gasteiger partial charge < -0.3 is 10.8 Å². The van der Waals surface area contributed by atoms with Gasteiger partial charge in [0.15, 0.2) is 5.72 Å². The maximum Gasteiger partial charge on any atom is 0.431 e. The van der Waals surface area contributed by atoms with Crippen LogP contribution < -0.4 is 5.73 Å². The second-order valence-corrected chi connectivity index (χ2v) is 6.70. The van der Waals surface area contributed by atoms with Gasteiger partial charge in [-0.1, -0.05) is 28.1 Å². The molecule has 0 saturated carbocycles. The lowest BCUT2D eigenvalue weighted by atomic mass is 9.96. The van der Waals surface area contributed by atoms with E-state index in [2.05, 4.69) is 21.0 Å². The van der Waals surface area contributed by atoms with E-state index in [4.69, 9.17) is 5.73 Å². The van der Waals surface area contributed by atoms with E-state index in [1.807, 2.05) is 0 Å². The van der Waals surface area contributed by atoms with E-state index >= 15 is 0 Å². The summed E-state index contributed by atoms with van der Waals surface area (Å²) in [5.74, 6) is -0.866. The summed E-state index contributed by atoms with van der Waals surface area (Å²) < 4.78 is 40.2. The average molecular weight is 428 g/mol. The standard InChI is InChI=1S/C17H13BrF3N3O2/c18-12-5-3-11(4-6-12)16(26)9-14(17(19,20)21)23-24(16)15(25)10-1-7-13(22)8-2-10/h1-8,26H,9,22H2/t16-/m0/s1. The molecule has 3 rings (SSSR count). The number of carbonyl (C=O) groups excluding carboxylic acids is 1. The van der Waals surface area contributed by atoms with Crippen molar-refractivity contribution in [3.63, 3.8) is 0 Å². The first-order valence-corrected chi connectivity index (χ1v) is 8.24. The smallest absolute Gasteiger partial charge is 0.399 e. The highest BCUT2D eigenvalue weighted by Gasteiger charge is 2.53. The number of benzene rings is 2. The molecule has 3 N–H and O–H groups in total. The topological polar surface area (TPSA) is 78.9 Å². The number of nitrogens with zero attached hydrogens (tertiary/aromatic N) is 2. The fraction of sp³-hybridized carbons (Fsp3) is 0.176. The van der Waals surface area contributed by atoms with Crippen LogP contribution in [0.25, 0.3) is 0 Å². The van der Waals surface area contributed by atoms with Gasteiger partial charge in [-0.2, -0.15) is 23.3 Å². The molecule has 0 spiro atoms. The SMILES string of the molecule is Nc1ccc(C(=O)N2N=C(C(F)(F)F)C[C@]2(O)c2ccc(Br)cc2)cc1. The van der Waals surface area contributed by atoms with Crippen molar-refractivity contribution in [2.24, 2.45) is 5.10 Å². The van der Waals surface area contributed by atoms with Crippen LogP contribution in [-0.2, 0) is 5.72 Å². The number of halogens is 4. The molecule has 0 aliphatic carbocycles. The van der Waals surface area contributed by atoms with Crippen molar-refractivity contribution in [2.75, 3.05) is 5.73 Å². The predicted octanol–water partition coefficient (Wildman–Crippen LogP) is 3.64. The molecule has 0 fully saturated rings. The lowest BCUT2D eigenvalue weighted by Crippen LogP contribution is -2.43. The molecule has 1 atom stereocenters. The van der Waals surface area contributed by atoms with Crippen molar-refractivity contribution in [3.05, 3.63) is 64.1 Å². The summed E-state index contributed by atoms with van der Waals surface area (Å²) >= 11 is 3.22. The molecule has 1 aliphatic rings. The third-order valence-corrected chi connectivity index (χ3v) is 4.50. The van der Waals surface area contributed by atoms with Crippen molar-refractivity contribution >= 4 is 33.2 Å². The minimum absolute atomic E-state index is 0.0573. The summed E-state index contributed by atoms with van der Waals surface area (Å²) in [5, 5.41) is 14.9. The Morgan fingerprint density at radius 3 is 2.27 bits per heavy atom. The molecular weight excluding hydrogens is 415 g/mol. The zero-order chi connectivity index (χ0) is 19.1. The largest absolute Gasteiger partial charge is 0.431 e. The second kappa shape index (κ2) is 6.40. The van der Waals surface area contributed by atoms with Gasteiger partial charge in [0, 0.05) is 21.3 Å². The maximum absolute atomic E-state index is 13.2. The molecule has 2 aromatic rings. The third kappa shape index (κ3) is 3.32. The third-order valence-electron chi connectivity index (χ3n) is 3.97. The van der Waals surface area contributed by atoms with Crippen LogP contribution in [0, 0.1) is 0 Å². The van der Waals surface area contributed by atoms with Gasteiger partial charge in [-0.25, -0.2) is 0 Å². The van der Waals surface area contributed by atoms with Crippen molar-refractivity contribution in [3.8, 4) is 0 Å². The van der Waals surface area contributed by atoms with Crippen LogP contribution in [0.5, 0.6) is 0 Å². The van der Waals surface area contributed by atoms with Gasteiger partial charge in [0.25, 0.3) is 5.91 Å². The minimum atomic E-state index is -4.76. The number of aliphatic hydroxyl groups is 1. The normalized spacial score (nSPS) is 20.2. The van der Waals surface area contributed by atoms with E-state index in [9.17, 15) is 23.1 Å². The molecule has 26 heavy (non-hydrogen) atoms. The highest BCUT2D eigenvalue weighted by atomic mass is 79.9. The zero-order valence-corrected chi connectivity index (χ0v) is 14.8. The van der Waals surface area contributed by atoms with Gasteiger partial charge >= 0.3 is 6.18 Å². The number of rotatable bonds is 2. The summed E-state index contributed by atoms with van der Waals surface area (Å²) in [5.41, 5.74) is 2.66. The summed E-state index contributed by atoms with van der Waals surface area (Å²) in [7, 11) is 0. The predicted molar refractivity (Wildman–Crippen MR) is 93.2 cm³/mol. The summed E-state index contributed by atoms with van der Waals surface area (Å²) in [4.78, 5) is 12.7. The number of alkyl halides is 3. The summed E-state index contributed by atoms with van der Waals surface area (Å²) in [6.07, 6.45) is -5.63. The number of hydrogen-bond acceptors (Lipinski definition) is 4. The van der Waals surface area contributed by atoms with E-state index in [-0.39, 0.29) is 11.1 Å². The molecule has 0 unspecified atom stereocenters. The summed E-state index contributed by atoms with van der Waals surface area (Å²) in [6.45, 7) is 0. The van der Waals surface area contributed by atoms with Gasteiger partial charge in [0.1, 0.15) is 5.71 Å². The van der Waals surface area contributed by atoms with Gasteiger partial charge in [-0.15, -0.1) is 0 Å². The van der Waals surface area contributed by atoms with Crippen LogP contribution in [0.4, 0.5) is 18.9 Å². The molecule has 5 nitrogen and oxygen atoms in total.